The van der Waals surface area contributed by atoms with E-state index in [2.05, 4.69) is 17.0 Å². The zero-order valence-corrected chi connectivity index (χ0v) is 18.4. The Balaban J connectivity index is 1.97. The second-order valence-electron chi connectivity index (χ2n) is 8.28. The van der Waals surface area contributed by atoms with E-state index in [9.17, 15) is 9.59 Å². The zero-order chi connectivity index (χ0) is 20.5. The van der Waals surface area contributed by atoms with Gasteiger partial charge >= 0.3 is 12.1 Å². The third-order valence-corrected chi connectivity index (χ3v) is 5.86. The Morgan fingerprint density at radius 2 is 1.25 bits per heavy atom. The maximum atomic E-state index is 12.4. The van der Waals surface area contributed by atoms with Gasteiger partial charge in [0.15, 0.2) is 0 Å². The van der Waals surface area contributed by atoms with Crippen molar-refractivity contribution in [1.29, 1.82) is 0 Å². The van der Waals surface area contributed by atoms with Crippen LogP contribution < -0.4 is 5.32 Å². The van der Waals surface area contributed by atoms with Crippen LogP contribution in [0.25, 0.3) is 0 Å². The van der Waals surface area contributed by atoms with Crippen LogP contribution in [0.15, 0.2) is 0 Å². The van der Waals surface area contributed by atoms with Crippen molar-refractivity contribution < 1.29 is 19.1 Å². The first kappa shape index (κ1) is 24.8. The molecule has 0 unspecified atom stereocenters. The summed E-state index contributed by atoms with van der Waals surface area (Å²) in [5.74, 6) is -0.297. The van der Waals surface area contributed by atoms with Gasteiger partial charge in [-0.25, -0.2) is 9.59 Å². The molecule has 0 aromatic rings. The highest BCUT2D eigenvalue weighted by Gasteiger charge is 2.44. The second kappa shape index (κ2) is 15.6. The third-order valence-electron chi connectivity index (χ3n) is 5.86. The summed E-state index contributed by atoms with van der Waals surface area (Å²) in [4.78, 5) is 24.0. The average molecular weight is 398 g/mol. The lowest BCUT2D eigenvalue weighted by molar-refractivity contribution is -0.151. The number of esters is 1. The molecule has 1 amide bonds. The van der Waals surface area contributed by atoms with E-state index in [1.165, 1.54) is 77.7 Å². The number of methoxy groups -OCH3 is 1. The number of alkyl carbamates (subject to hydrolysis) is 1. The number of unbranched alkanes of at least 4 members (excludes halogenated alkanes) is 12. The van der Waals surface area contributed by atoms with Gasteiger partial charge in [0.05, 0.1) is 13.7 Å². The Kier molecular flexibility index (Phi) is 13.8. The van der Waals surface area contributed by atoms with Crippen LogP contribution in [0.4, 0.5) is 4.79 Å². The largest absolute Gasteiger partial charge is 0.464 e. The van der Waals surface area contributed by atoms with E-state index in [0.29, 0.717) is 19.4 Å². The first-order valence-electron chi connectivity index (χ1n) is 11.7. The molecule has 1 aliphatic rings. The number of hydrogen-bond acceptors (Lipinski definition) is 4. The zero-order valence-electron chi connectivity index (χ0n) is 18.4. The van der Waals surface area contributed by atoms with E-state index in [1.807, 2.05) is 0 Å². The lowest BCUT2D eigenvalue weighted by Crippen LogP contribution is -2.53. The van der Waals surface area contributed by atoms with Gasteiger partial charge in [-0.2, -0.15) is 0 Å². The van der Waals surface area contributed by atoms with Crippen LogP contribution >= 0.6 is 0 Å². The summed E-state index contributed by atoms with van der Waals surface area (Å²) in [7, 11) is 1.32. The molecule has 1 N–H and O–H groups in total. The number of amides is 1. The third kappa shape index (κ3) is 10.3. The molecule has 0 aromatic heterocycles. The van der Waals surface area contributed by atoms with Crippen molar-refractivity contribution in [1.82, 2.24) is 5.32 Å². The molecule has 0 bridgehead atoms. The number of carbonyl (C=O) groups is 2. The molecule has 0 atom stereocenters. The minimum absolute atomic E-state index is 0.297. The van der Waals surface area contributed by atoms with E-state index < -0.39 is 11.6 Å². The molecule has 1 aliphatic carbocycles. The summed E-state index contributed by atoms with van der Waals surface area (Å²) >= 11 is 0. The predicted molar refractivity (Wildman–Crippen MR) is 113 cm³/mol. The highest BCUT2D eigenvalue weighted by atomic mass is 16.5. The lowest BCUT2D eigenvalue weighted by atomic mass is 9.98. The van der Waals surface area contributed by atoms with Crippen molar-refractivity contribution in [3.8, 4) is 0 Å². The first-order valence-corrected chi connectivity index (χ1v) is 11.7. The van der Waals surface area contributed by atoms with Gasteiger partial charge < -0.3 is 14.8 Å². The van der Waals surface area contributed by atoms with Crippen LogP contribution in [0.5, 0.6) is 0 Å². The molecule has 1 rings (SSSR count). The Hall–Kier alpha value is -1.26. The molecule has 1 fully saturated rings. The molecule has 1 saturated carbocycles. The van der Waals surface area contributed by atoms with Gasteiger partial charge in [-0.3, -0.25) is 0 Å². The van der Waals surface area contributed by atoms with Crippen LogP contribution in [-0.4, -0.2) is 31.3 Å². The first-order chi connectivity index (χ1) is 13.6. The fraction of sp³-hybridized carbons (Fsp3) is 0.913. The molecular weight excluding hydrogens is 354 g/mol. The molecule has 0 heterocycles. The van der Waals surface area contributed by atoms with Gasteiger partial charge in [0.25, 0.3) is 0 Å². The predicted octanol–water partition coefficient (Wildman–Crippen LogP) is 6.29. The van der Waals surface area contributed by atoms with Gasteiger partial charge in [0.2, 0.25) is 0 Å². The quantitative estimate of drug-likeness (QED) is 0.245. The van der Waals surface area contributed by atoms with Crippen LogP contribution in [0.1, 0.15) is 116 Å². The number of rotatable bonds is 16. The van der Waals surface area contributed by atoms with Crippen LogP contribution in [0.2, 0.25) is 0 Å². The Labute approximate surface area is 172 Å². The topological polar surface area (TPSA) is 64.6 Å². The van der Waals surface area contributed by atoms with Gasteiger partial charge in [0.1, 0.15) is 5.54 Å². The number of nitrogens with one attached hydrogen (secondary N) is 1. The van der Waals surface area contributed by atoms with Gasteiger partial charge in [-0.05, 0) is 19.3 Å². The van der Waals surface area contributed by atoms with Crippen molar-refractivity contribution >= 4 is 12.1 Å². The van der Waals surface area contributed by atoms with E-state index in [1.54, 1.807) is 0 Å². The van der Waals surface area contributed by atoms with Gasteiger partial charge in [0, 0.05) is 0 Å². The summed E-state index contributed by atoms with van der Waals surface area (Å²) in [6, 6.07) is 0. The second-order valence-corrected chi connectivity index (χ2v) is 8.28. The van der Waals surface area contributed by atoms with Crippen molar-refractivity contribution in [3.63, 3.8) is 0 Å². The molecular formula is C23H43NO4. The van der Waals surface area contributed by atoms with Crippen LogP contribution in [-0.2, 0) is 14.3 Å². The van der Waals surface area contributed by atoms with E-state index in [-0.39, 0.29) is 5.97 Å². The lowest BCUT2D eigenvalue weighted by Gasteiger charge is -2.27. The maximum Gasteiger partial charge on any atom is 0.407 e. The fourth-order valence-corrected chi connectivity index (χ4v) is 4.03. The molecule has 0 aromatic carbocycles. The summed E-state index contributed by atoms with van der Waals surface area (Å²) in [6.07, 6.45) is 19.4. The molecule has 5 nitrogen and oxygen atoms in total. The minimum atomic E-state index is -0.871. The summed E-state index contributed by atoms with van der Waals surface area (Å²) in [5, 5.41) is 2.71. The molecule has 28 heavy (non-hydrogen) atoms. The van der Waals surface area contributed by atoms with Crippen molar-refractivity contribution in [2.45, 2.75) is 122 Å². The van der Waals surface area contributed by atoms with E-state index in [0.717, 1.165) is 25.7 Å². The van der Waals surface area contributed by atoms with Gasteiger partial charge in [-0.1, -0.05) is 96.8 Å². The highest BCUT2D eigenvalue weighted by molar-refractivity contribution is 5.86. The fourth-order valence-electron chi connectivity index (χ4n) is 4.03. The van der Waals surface area contributed by atoms with Crippen molar-refractivity contribution in [3.05, 3.63) is 0 Å². The summed E-state index contributed by atoms with van der Waals surface area (Å²) in [6.45, 7) is 2.71. The normalized spacial score (nSPS) is 15.4. The standard InChI is InChI=1S/C23H43NO4/c1-3-4-5-6-7-8-9-10-11-12-13-14-17-20-28-21(25)23(18-15-16-19-23)24-22(26)27-2/h3-20H2,1-2H3,(H,24,26). The monoisotopic (exact) mass is 397 g/mol. The van der Waals surface area contributed by atoms with Crippen molar-refractivity contribution in [2.24, 2.45) is 0 Å². The molecule has 164 valence electrons. The van der Waals surface area contributed by atoms with E-state index >= 15 is 0 Å². The summed E-state index contributed by atoms with van der Waals surface area (Å²) < 4.78 is 10.1. The molecule has 0 saturated heterocycles. The molecule has 0 spiro atoms. The van der Waals surface area contributed by atoms with Crippen molar-refractivity contribution in [2.75, 3.05) is 13.7 Å². The number of hydrogen-bond donors (Lipinski definition) is 1. The maximum absolute atomic E-state index is 12.4. The molecule has 5 heteroatoms. The van der Waals surface area contributed by atoms with E-state index in [4.69, 9.17) is 4.74 Å². The number of carbonyl (C=O) groups excluding carboxylic acids is 2. The minimum Gasteiger partial charge on any atom is -0.464 e. The Morgan fingerprint density at radius 1 is 0.786 bits per heavy atom. The SMILES string of the molecule is CCCCCCCCCCCCCCCOC(=O)C1(NC(=O)OC)CCCC1. The number of ether oxygens (including phenoxy) is 2. The van der Waals surface area contributed by atoms with Gasteiger partial charge in [-0.15, -0.1) is 0 Å². The Bertz CT molecular complexity index is 419. The highest BCUT2D eigenvalue weighted by Crippen LogP contribution is 2.31. The Morgan fingerprint density at radius 3 is 1.71 bits per heavy atom. The van der Waals surface area contributed by atoms with Crippen LogP contribution in [0.3, 0.4) is 0 Å². The average Bonchev–Trinajstić information content (AvgIpc) is 3.17. The smallest absolute Gasteiger partial charge is 0.407 e. The summed E-state index contributed by atoms with van der Waals surface area (Å²) in [5.41, 5.74) is -0.871. The molecule has 0 aliphatic heterocycles. The molecule has 0 radical (unpaired) electrons. The van der Waals surface area contributed by atoms with Crippen LogP contribution in [0, 0.1) is 0 Å².